The fraction of sp³-hybridized carbons (Fsp3) is 0.812. The molecular weight excluding hydrogens is 234 g/mol. The van der Waals surface area contributed by atoms with E-state index >= 15 is 0 Å². The zero-order valence-electron chi connectivity index (χ0n) is 11.9. The lowest BCUT2D eigenvalue weighted by Crippen LogP contribution is -2.30. The van der Waals surface area contributed by atoms with Gasteiger partial charge in [-0.1, -0.05) is 32.1 Å². The summed E-state index contributed by atoms with van der Waals surface area (Å²) in [4.78, 5) is 4.46. The monoisotopic (exact) mass is 261 g/mol. The lowest BCUT2D eigenvalue weighted by molar-refractivity contribution is 0.236. The predicted octanol–water partition coefficient (Wildman–Crippen LogP) is 3.62. The molecule has 0 amide bonds. The van der Waals surface area contributed by atoms with Gasteiger partial charge in [0.05, 0.1) is 6.33 Å². The Morgan fingerprint density at radius 3 is 2.58 bits per heavy atom. The standard InChI is InChI=1S/C16H27N3/c17-10-14-8-4-5-9-15(14)19-12-18-11-16(19)13-6-2-1-3-7-13/h11-15H,1-10,17H2. The Morgan fingerprint density at radius 2 is 1.79 bits per heavy atom. The van der Waals surface area contributed by atoms with Crippen molar-refractivity contribution < 1.29 is 0 Å². The van der Waals surface area contributed by atoms with E-state index in [9.17, 15) is 0 Å². The van der Waals surface area contributed by atoms with E-state index in [-0.39, 0.29) is 0 Å². The van der Waals surface area contributed by atoms with Crippen molar-refractivity contribution in [2.45, 2.75) is 69.7 Å². The van der Waals surface area contributed by atoms with E-state index in [1.54, 1.807) is 0 Å². The largest absolute Gasteiger partial charge is 0.331 e. The van der Waals surface area contributed by atoms with Crippen LogP contribution in [0, 0.1) is 5.92 Å². The van der Waals surface area contributed by atoms with Gasteiger partial charge in [-0.3, -0.25) is 0 Å². The van der Waals surface area contributed by atoms with Crippen molar-refractivity contribution in [2.24, 2.45) is 11.7 Å². The minimum Gasteiger partial charge on any atom is -0.331 e. The number of nitrogens with zero attached hydrogens (tertiary/aromatic N) is 2. The molecule has 0 spiro atoms. The van der Waals surface area contributed by atoms with Crippen molar-refractivity contribution in [2.75, 3.05) is 6.54 Å². The summed E-state index contributed by atoms with van der Waals surface area (Å²) in [5.41, 5.74) is 7.49. The van der Waals surface area contributed by atoms with E-state index in [2.05, 4.69) is 22.1 Å². The van der Waals surface area contributed by atoms with Crippen molar-refractivity contribution in [3.05, 3.63) is 18.2 Å². The van der Waals surface area contributed by atoms with Gasteiger partial charge < -0.3 is 10.3 Å². The van der Waals surface area contributed by atoms with Gasteiger partial charge in [0.2, 0.25) is 0 Å². The third-order valence-electron chi connectivity index (χ3n) is 5.25. The second kappa shape index (κ2) is 6.08. The van der Waals surface area contributed by atoms with Crippen LogP contribution in [0.3, 0.4) is 0 Å². The Bertz CT molecular complexity index is 392. The molecule has 2 saturated carbocycles. The first-order chi connectivity index (χ1) is 9.40. The van der Waals surface area contributed by atoms with Crippen LogP contribution >= 0.6 is 0 Å². The van der Waals surface area contributed by atoms with E-state index in [1.165, 1.54) is 63.5 Å². The second-order valence-electron chi connectivity index (χ2n) is 6.41. The minimum absolute atomic E-state index is 0.609. The van der Waals surface area contributed by atoms with Crippen LogP contribution in [0.1, 0.15) is 75.4 Å². The number of imidazole rings is 1. The van der Waals surface area contributed by atoms with Gasteiger partial charge in [-0.25, -0.2) is 4.98 Å². The minimum atomic E-state index is 0.609. The van der Waals surface area contributed by atoms with Crippen LogP contribution in [0.25, 0.3) is 0 Å². The molecule has 3 nitrogen and oxygen atoms in total. The summed E-state index contributed by atoms with van der Waals surface area (Å²) in [6.07, 6.45) is 16.4. The van der Waals surface area contributed by atoms with E-state index in [1.807, 2.05) is 0 Å². The lowest BCUT2D eigenvalue weighted by Gasteiger charge is -2.34. The van der Waals surface area contributed by atoms with Crippen molar-refractivity contribution >= 4 is 0 Å². The summed E-state index contributed by atoms with van der Waals surface area (Å²) in [5, 5.41) is 0. The second-order valence-corrected chi connectivity index (χ2v) is 6.41. The molecule has 1 heterocycles. The SMILES string of the molecule is NCC1CCCCC1n1cncc1C1CCCCC1. The van der Waals surface area contributed by atoms with Crippen LogP contribution in [0.2, 0.25) is 0 Å². The van der Waals surface area contributed by atoms with Crippen LogP contribution in [0.4, 0.5) is 0 Å². The Morgan fingerprint density at radius 1 is 1.05 bits per heavy atom. The number of aromatic nitrogens is 2. The highest BCUT2D eigenvalue weighted by atomic mass is 15.1. The molecule has 0 saturated heterocycles. The van der Waals surface area contributed by atoms with E-state index in [0.717, 1.165) is 12.5 Å². The highest BCUT2D eigenvalue weighted by Gasteiger charge is 2.28. The highest BCUT2D eigenvalue weighted by Crippen LogP contribution is 2.38. The summed E-state index contributed by atoms with van der Waals surface area (Å²) in [6.45, 7) is 0.826. The van der Waals surface area contributed by atoms with Crippen LogP contribution in [-0.2, 0) is 0 Å². The van der Waals surface area contributed by atoms with E-state index < -0.39 is 0 Å². The Hall–Kier alpha value is -0.830. The van der Waals surface area contributed by atoms with Crippen LogP contribution in [0.5, 0.6) is 0 Å². The summed E-state index contributed by atoms with van der Waals surface area (Å²) in [7, 11) is 0. The van der Waals surface area contributed by atoms with Gasteiger partial charge in [0.1, 0.15) is 0 Å². The Kier molecular flexibility index (Phi) is 4.21. The zero-order valence-corrected chi connectivity index (χ0v) is 11.9. The summed E-state index contributed by atoms with van der Waals surface area (Å²) in [5.74, 6) is 1.40. The predicted molar refractivity (Wildman–Crippen MR) is 78.1 cm³/mol. The maximum absolute atomic E-state index is 5.99. The van der Waals surface area contributed by atoms with Crippen molar-refractivity contribution in [1.82, 2.24) is 9.55 Å². The van der Waals surface area contributed by atoms with Gasteiger partial charge in [0.25, 0.3) is 0 Å². The number of hydrogen-bond donors (Lipinski definition) is 1. The first-order valence-electron chi connectivity index (χ1n) is 8.12. The fourth-order valence-corrected chi connectivity index (χ4v) is 4.14. The van der Waals surface area contributed by atoms with Gasteiger partial charge >= 0.3 is 0 Å². The topological polar surface area (TPSA) is 43.8 Å². The Labute approximate surface area is 116 Å². The molecule has 19 heavy (non-hydrogen) atoms. The lowest BCUT2D eigenvalue weighted by atomic mass is 9.82. The third-order valence-corrected chi connectivity index (χ3v) is 5.25. The van der Waals surface area contributed by atoms with Crippen LogP contribution in [0.15, 0.2) is 12.5 Å². The maximum Gasteiger partial charge on any atom is 0.0950 e. The van der Waals surface area contributed by atoms with Crippen molar-refractivity contribution in [3.63, 3.8) is 0 Å². The Balaban J connectivity index is 1.81. The molecule has 2 unspecified atom stereocenters. The molecule has 106 valence electrons. The molecule has 3 heteroatoms. The van der Waals surface area contributed by atoms with Gasteiger partial charge in [-0.15, -0.1) is 0 Å². The molecule has 2 aliphatic carbocycles. The van der Waals surface area contributed by atoms with Gasteiger partial charge in [0.15, 0.2) is 0 Å². The molecule has 0 bridgehead atoms. The first kappa shape index (κ1) is 13.2. The molecule has 3 rings (SSSR count). The first-order valence-corrected chi connectivity index (χ1v) is 8.12. The fourth-order valence-electron chi connectivity index (χ4n) is 4.14. The third kappa shape index (κ3) is 2.71. The molecule has 0 aliphatic heterocycles. The van der Waals surface area contributed by atoms with E-state index in [0.29, 0.717) is 12.0 Å². The van der Waals surface area contributed by atoms with Crippen molar-refractivity contribution in [1.29, 1.82) is 0 Å². The molecular formula is C16H27N3. The average Bonchev–Trinajstić information content (AvgIpc) is 2.97. The molecule has 2 N–H and O–H groups in total. The summed E-state index contributed by atoms with van der Waals surface area (Å²) in [6, 6.07) is 0.609. The summed E-state index contributed by atoms with van der Waals surface area (Å²) < 4.78 is 2.49. The van der Waals surface area contributed by atoms with Crippen LogP contribution in [-0.4, -0.2) is 16.1 Å². The van der Waals surface area contributed by atoms with Gasteiger partial charge in [0, 0.05) is 23.9 Å². The highest BCUT2D eigenvalue weighted by molar-refractivity contribution is 5.09. The molecule has 1 aromatic heterocycles. The molecule has 2 atom stereocenters. The maximum atomic E-state index is 5.99. The number of hydrogen-bond acceptors (Lipinski definition) is 2. The molecule has 1 aromatic rings. The van der Waals surface area contributed by atoms with Crippen LogP contribution < -0.4 is 5.73 Å². The van der Waals surface area contributed by atoms with Crippen molar-refractivity contribution in [3.8, 4) is 0 Å². The normalized spacial score (nSPS) is 29.5. The summed E-state index contributed by atoms with van der Waals surface area (Å²) >= 11 is 0. The number of nitrogens with two attached hydrogens (primary N) is 1. The van der Waals surface area contributed by atoms with E-state index in [4.69, 9.17) is 5.73 Å². The zero-order chi connectivity index (χ0) is 13.1. The molecule has 2 fully saturated rings. The quantitative estimate of drug-likeness (QED) is 0.903. The smallest absolute Gasteiger partial charge is 0.0950 e. The average molecular weight is 261 g/mol. The molecule has 2 aliphatic rings. The molecule has 0 aromatic carbocycles. The number of rotatable bonds is 3. The molecule has 0 radical (unpaired) electrons. The van der Waals surface area contributed by atoms with Gasteiger partial charge in [-0.2, -0.15) is 0 Å². The van der Waals surface area contributed by atoms with Gasteiger partial charge in [-0.05, 0) is 38.1 Å².